The molecule has 0 heterocycles. The van der Waals surface area contributed by atoms with Gasteiger partial charge in [-0.3, -0.25) is 0 Å². The van der Waals surface area contributed by atoms with E-state index < -0.39 is 0 Å². The molecule has 1 aliphatic carbocycles. The van der Waals surface area contributed by atoms with Crippen molar-refractivity contribution in [2.24, 2.45) is 5.16 Å². The lowest BCUT2D eigenvalue weighted by atomic mass is 9.83. The fourth-order valence-corrected chi connectivity index (χ4v) is 2.25. The minimum Gasteiger partial charge on any atom is -0.411 e. The molecular weight excluding hydrogens is 210 g/mol. The number of nitrogens with zero attached hydrogens (tertiary/aromatic N) is 1. The summed E-state index contributed by atoms with van der Waals surface area (Å²) in [7, 11) is 0. The summed E-state index contributed by atoms with van der Waals surface area (Å²) in [5.74, 6) is 0.591. The van der Waals surface area contributed by atoms with E-state index >= 15 is 0 Å². The van der Waals surface area contributed by atoms with E-state index in [1.165, 1.54) is 5.56 Å². The molecule has 1 aromatic carbocycles. The molecule has 2 rings (SSSR count). The third-order valence-corrected chi connectivity index (χ3v) is 3.30. The van der Waals surface area contributed by atoms with Crippen LogP contribution in [-0.2, 0) is 0 Å². The standard InChI is InChI=1S/C12H14ClNO/c13-11-5-1-9(2-6-11)10-3-7-12(14-15)8-4-10/h1-2,5-6,10,15H,3-4,7-8H2. The second kappa shape index (κ2) is 4.67. The molecule has 1 saturated carbocycles. The summed E-state index contributed by atoms with van der Waals surface area (Å²) < 4.78 is 0. The van der Waals surface area contributed by atoms with Gasteiger partial charge in [0.2, 0.25) is 0 Å². The maximum Gasteiger partial charge on any atom is 0.0571 e. The van der Waals surface area contributed by atoms with Crippen LogP contribution in [0.2, 0.25) is 5.02 Å². The highest BCUT2D eigenvalue weighted by molar-refractivity contribution is 6.30. The van der Waals surface area contributed by atoms with Crippen LogP contribution in [0.3, 0.4) is 0 Å². The van der Waals surface area contributed by atoms with Crippen molar-refractivity contribution in [3.63, 3.8) is 0 Å². The van der Waals surface area contributed by atoms with Crippen molar-refractivity contribution in [3.05, 3.63) is 34.9 Å². The Morgan fingerprint density at radius 2 is 1.73 bits per heavy atom. The molecule has 0 saturated heterocycles. The van der Waals surface area contributed by atoms with E-state index in [9.17, 15) is 0 Å². The molecule has 1 N–H and O–H groups in total. The first kappa shape index (κ1) is 10.5. The van der Waals surface area contributed by atoms with Gasteiger partial charge in [-0.15, -0.1) is 0 Å². The van der Waals surface area contributed by atoms with Crippen LogP contribution < -0.4 is 0 Å². The molecule has 0 unspecified atom stereocenters. The molecule has 80 valence electrons. The summed E-state index contributed by atoms with van der Waals surface area (Å²) >= 11 is 5.84. The molecule has 1 fully saturated rings. The quantitative estimate of drug-likeness (QED) is 0.570. The van der Waals surface area contributed by atoms with Gasteiger partial charge in [0, 0.05) is 5.02 Å². The molecule has 0 atom stereocenters. The largest absolute Gasteiger partial charge is 0.411 e. The fraction of sp³-hybridized carbons (Fsp3) is 0.417. The first-order chi connectivity index (χ1) is 7.29. The molecular formula is C12H14ClNO. The summed E-state index contributed by atoms with van der Waals surface area (Å²) in [5.41, 5.74) is 2.27. The summed E-state index contributed by atoms with van der Waals surface area (Å²) in [6.45, 7) is 0. The molecule has 0 amide bonds. The Morgan fingerprint density at radius 1 is 1.13 bits per heavy atom. The van der Waals surface area contributed by atoms with Gasteiger partial charge in [0.25, 0.3) is 0 Å². The topological polar surface area (TPSA) is 32.6 Å². The van der Waals surface area contributed by atoms with Crippen LogP contribution in [0.1, 0.15) is 37.2 Å². The molecule has 0 aliphatic heterocycles. The van der Waals surface area contributed by atoms with Gasteiger partial charge in [-0.25, -0.2) is 0 Å². The lowest BCUT2D eigenvalue weighted by molar-refractivity contribution is 0.313. The van der Waals surface area contributed by atoms with E-state index in [0.717, 1.165) is 36.4 Å². The molecule has 2 nitrogen and oxygen atoms in total. The van der Waals surface area contributed by atoms with Crippen molar-refractivity contribution in [1.29, 1.82) is 0 Å². The Hall–Kier alpha value is -1.02. The summed E-state index contributed by atoms with van der Waals surface area (Å²) in [6, 6.07) is 8.06. The van der Waals surface area contributed by atoms with Crippen LogP contribution in [0, 0.1) is 0 Å². The van der Waals surface area contributed by atoms with Gasteiger partial charge >= 0.3 is 0 Å². The fourth-order valence-electron chi connectivity index (χ4n) is 2.12. The van der Waals surface area contributed by atoms with Crippen molar-refractivity contribution in [1.82, 2.24) is 0 Å². The van der Waals surface area contributed by atoms with Crippen molar-refractivity contribution < 1.29 is 5.21 Å². The van der Waals surface area contributed by atoms with Gasteiger partial charge in [0.15, 0.2) is 0 Å². The Labute approximate surface area is 94.6 Å². The average Bonchev–Trinajstić information content (AvgIpc) is 2.30. The maximum absolute atomic E-state index is 8.65. The molecule has 3 heteroatoms. The van der Waals surface area contributed by atoms with E-state index in [-0.39, 0.29) is 0 Å². The van der Waals surface area contributed by atoms with Crippen LogP contribution in [0.25, 0.3) is 0 Å². The first-order valence-corrected chi connectivity index (χ1v) is 5.62. The highest BCUT2D eigenvalue weighted by atomic mass is 35.5. The number of benzene rings is 1. The Kier molecular flexibility index (Phi) is 3.27. The number of oxime groups is 1. The van der Waals surface area contributed by atoms with Gasteiger partial charge in [-0.05, 0) is 49.3 Å². The summed E-state index contributed by atoms with van der Waals surface area (Å²) in [5, 5.41) is 12.7. The average molecular weight is 224 g/mol. The monoisotopic (exact) mass is 223 g/mol. The third-order valence-electron chi connectivity index (χ3n) is 3.05. The highest BCUT2D eigenvalue weighted by Gasteiger charge is 2.19. The zero-order valence-electron chi connectivity index (χ0n) is 8.49. The minimum absolute atomic E-state index is 0.591. The van der Waals surface area contributed by atoms with Crippen LogP contribution >= 0.6 is 11.6 Å². The molecule has 1 aromatic rings. The second-order valence-corrected chi connectivity index (χ2v) is 4.43. The normalized spacial score (nSPS) is 21.4. The van der Waals surface area contributed by atoms with Crippen molar-refractivity contribution in [2.45, 2.75) is 31.6 Å². The zero-order valence-corrected chi connectivity index (χ0v) is 9.24. The maximum atomic E-state index is 8.65. The Bertz CT molecular complexity index is 348. The lowest BCUT2D eigenvalue weighted by Gasteiger charge is -2.22. The third kappa shape index (κ3) is 2.51. The predicted octanol–water partition coefficient (Wildman–Crippen LogP) is 3.83. The number of rotatable bonds is 1. The van der Waals surface area contributed by atoms with Crippen molar-refractivity contribution in [3.8, 4) is 0 Å². The van der Waals surface area contributed by atoms with Crippen LogP contribution in [0.5, 0.6) is 0 Å². The molecule has 15 heavy (non-hydrogen) atoms. The minimum atomic E-state index is 0.591. The number of halogens is 1. The lowest BCUT2D eigenvalue weighted by Crippen LogP contribution is -2.12. The SMILES string of the molecule is ON=C1CCC(c2ccc(Cl)cc2)CC1. The van der Waals surface area contributed by atoms with E-state index in [4.69, 9.17) is 16.8 Å². The van der Waals surface area contributed by atoms with Crippen LogP contribution in [-0.4, -0.2) is 10.9 Å². The first-order valence-electron chi connectivity index (χ1n) is 5.25. The van der Waals surface area contributed by atoms with Gasteiger partial charge in [0.05, 0.1) is 5.71 Å². The van der Waals surface area contributed by atoms with E-state index in [1.807, 2.05) is 12.1 Å². The molecule has 0 aromatic heterocycles. The molecule has 0 spiro atoms. The molecule has 0 radical (unpaired) electrons. The molecule has 1 aliphatic rings. The van der Waals surface area contributed by atoms with E-state index in [1.54, 1.807) is 0 Å². The number of hydrogen-bond donors (Lipinski definition) is 1. The van der Waals surface area contributed by atoms with Gasteiger partial charge in [-0.1, -0.05) is 28.9 Å². The van der Waals surface area contributed by atoms with E-state index in [2.05, 4.69) is 17.3 Å². The summed E-state index contributed by atoms with van der Waals surface area (Å²) in [6.07, 6.45) is 3.95. The van der Waals surface area contributed by atoms with Gasteiger partial charge < -0.3 is 5.21 Å². The van der Waals surface area contributed by atoms with E-state index in [0.29, 0.717) is 5.92 Å². The highest BCUT2D eigenvalue weighted by Crippen LogP contribution is 2.31. The van der Waals surface area contributed by atoms with Crippen LogP contribution in [0.4, 0.5) is 0 Å². The smallest absolute Gasteiger partial charge is 0.0571 e. The van der Waals surface area contributed by atoms with Gasteiger partial charge in [-0.2, -0.15) is 0 Å². The second-order valence-electron chi connectivity index (χ2n) is 3.99. The van der Waals surface area contributed by atoms with Crippen molar-refractivity contribution >= 4 is 17.3 Å². The Balaban J connectivity index is 2.04. The van der Waals surface area contributed by atoms with Crippen LogP contribution in [0.15, 0.2) is 29.4 Å². The number of hydrogen-bond acceptors (Lipinski definition) is 2. The van der Waals surface area contributed by atoms with Gasteiger partial charge in [0.1, 0.15) is 0 Å². The zero-order chi connectivity index (χ0) is 10.7. The van der Waals surface area contributed by atoms with Crippen molar-refractivity contribution in [2.75, 3.05) is 0 Å². The predicted molar refractivity (Wildman–Crippen MR) is 61.9 cm³/mol. The summed E-state index contributed by atoms with van der Waals surface area (Å²) in [4.78, 5) is 0. The molecule has 0 bridgehead atoms. The Morgan fingerprint density at radius 3 is 2.27 bits per heavy atom.